The fourth-order valence-corrected chi connectivity index (χ4v) is 4.46. The predicted octanol–water partition coefficient (Wildman–Crippen LogP) is 3.34. The van der Waals surface area contributed by atoms with Crippen molar-refractivity contribution >= 4 is 26.3 Å². The number of hydrogen-bond donors (Lipinski definition) is 0. The summed E-state index contributed by atoms with van der Waals surface area (Å²) >= 11 is 6.39. The summed E-state index contributed by atoms with van der Waals surface area (Å²) < 4.78 is 6.36. The first kappa shape index (κ1) is 10.6. The Morgan fingerprint density at radius 2 is 2.06 bits per heavy atom. The number of hydrogen-bond acceptors (Lipinski definition) is 1. The van der Waals surface area contributed by atoms with Crippen LogP contribution < -0.4 is 0 Å². The van der Waals surface area contributed by atoms with Crippen LogP contribution in [0, 0.1) is 0 Å². The molecule has 0 amide bonds. The van der Waals surface area contributed by atoms with Gasteiger partial charge in [-0.15, -0.1) is 0 Å². The molecule has 3 rings (SSSR count). The van der Waals surface area contributed by atoms with E-state index in [1.54, 1.807) is 4.44 Å². The second-order valence-corrected chi connectivity index (χ2v) is 6.39. The van der Waals surface area contributed by atoms with Gasteiger partial charge in [0.25, 0.3) is 0 Å². The molecule has 1 aliphatic rings. The number of aryl methyl sites for hydroxylation is 1. The molecule has 0 N–H and O–H groups in total. The minimum atomic E-state index is 0.355. The number of halogens is 1. The van der Waals surface area contributed by atoms with Crippen molar-refractivity contribution in [3.63, 3.8) is 0 Å². The molecule has 0 unspecified atom stereocenters. The molecular formula is C13H12ClNSe. The zero-order valence-electron chi connectivity index (χ0n) is 8.87. The fraction of sp³-hybridized carbons (Fsp3) is 0.308. The van der Waals surface area contributed by atoms with Gasteiger partial charge < -0.3 is 0 Å². The first-order valence-corrected chi connectivity index (χ1v) is 7.58. The SMILES string of the molecule is Clc1cccc(-c2n[se]c3c2CCCC3)c1. The number of benzene rings is 1. The summed E-state index contributed by atoms with van der Waals surface area (Å²) in [6.07, 6.45) is 5.14. The van der Waals surface area contributed by atoms with Gasteiger partial charge in [0.05, 0.1) is 0 Å². The normalized spacial score (nSPS) is 14.8. The summed E-state index contributed by atoms with van der Waals surface area (Å²) in [6.45, 7) is 0. The van der Waals surface area contributed by atoms with E-state index in [0.29, 0.717) is 14.7 Å². The Balaban J connectivity index is 2.09. The first-order chi connectivity index (χ1) is 7.84. The van der Waals surface area contributed by atoms with E-state index in [1.807, 2.05) is 18.2 Å². The molecule has 0 bridgehead atoms. The zero-order valence-corrected chi connectivity index (χ0v) is 11.3. The summed E-state index contributed by atoms with van der Waals surface area (Å²) in [7, 11) is 0. The number of fused-ring (bicyclic) bond motifs is 1. The third-order valence-corrected chi connectivity index (χ3v) is 5.27. The molecule has 0 aliphatic heterocycles. The van der Waals surface area contributed by atoms with E-state index in [4.69, 9.17) is 15.6 Å². The van der Waals surface area contributed by atoms with Crippen molar-refractivity contribution in [3.8, 4) is 11.3 Å². The molecule has 1 aliphatic carbocycles. The van der Waals surface area contributed by atoms with E-state index in [0.717, 1.165) is 5.02 Å². The van der Waals surface area contributed by atoms with Gasteiger partial charge in [0, 0.05) is 0 Å². The van der Waals surface area contributed by atoms with Crippen LogP contribution in [0.25, 0.3) is 11.3 Å². The molecular weight excluding hydrogens is 285 g/mol. The Morgan fingerprint density at radius 1 is 1.19 bits per heavy atom. The van der Waals surface area contributed by atoms with Crippen molar-refractivity contribution in [1.29, 1.82) is 0 Å². The van der Waals surface area contributed by atoms with Gasteiger partial charge in [0.2, 0.25) is 0 Å². The minimum absolute atomic E-state index is 0.355. The molecule has 0 spiro atoms. The summed E-state index contributed by atoms with van der Waals surface area (Å²) in [6, 6.07) is 8.07. The van der Waals surface area contributed by atoms with Crippen LogP contribution in [-0.4, -0.2) is 18.7 Å². The van der Waals surface area contributed by atoms with Crippen LogP contribution in [0.15, 0.2) is 24.3 Å². The van der Waals surface area contributed by atoms with Gasteiger partial charge in [-0.25, -0.2) is 0 Å². The third kappa shape index (κ3) is 1.86. The van der Waals surface area contributed by atoms with Crippen LogP contribution in [0.2, 0.25) is 5.02 Å². The molecule has 1 heterocycles. The summed E-state index contributed by atoms with van der Waals surface area (Å²) in [5.41, 5.74) is 3.94. The van der Waals surface area contributed by atoms with Crippen LogP contribution in [0.4, 0.5) is 0 Å². The second kappa shape index (κ2) is 4.37. The molecule has 2 aromatic rings. The Hall–Kier alpha value is -0.561. The first-order valence-electron chi connectivity index (χ1n) is 5.58. The Labute approximate surface area is 106 Å². The van der Waals surface area contributed by atoms with Crippen molar-refractivity contribution in [2.24, 2.45) is 0 Å². The van der Waals surface area contributed by atoms with Crippen LogP contribution in [0.3, 0.4) is 0 Å². The van der Waals surface area contributed by atoms with Crippen LogP contribution >= 0.6 is 11.6 Å². The van der Waals surface area contributed by atoms with Gasteiger partial charge in [-0.2, -0.15) is 0 Å². The third-order valence-electron chi connectivity index (χ3n) is 3.05. The molecule has 1 aromatic carbocycles. The number of rotatable bonds is 1. The molecule has 0 saturated carbocycles. The molecule has 0 radical (unpaired) electrons. The molecule has 82 valence electrons. The summed E-state index contributed by atoms with van der Waals surface area (Å²) in [4.78, 5) is 0. The molecule has 3 heteroatoms. The van der Waals surface area contributed by atoms with Gasteiger partial charge in [-0.05, 0) is 0 Å². The quantitative estimate of drug-likeness (QED) is 0.736. The summed E-state index contributed by atoms with van der Waals surface area (Å²) in [5.74, 6) is 0. The predicted molar refractivity (Wildman–Crippen MR) is 68.3 cm³/mol. The standard InChI is InChI=1S/C13H12ClNSe/c14-10-5-3-4-9(8-10)13-11-6-1-2-7-12(11)16-15-13/h3-5,8H,1-2,6-7H2. The van der Waals surface area contributed by atoms with Crippen molar-refractivity contribution in [1.82, 2.24) is 3.98 Å². The topological polar surface area (TPSA) is 12.9 Å². The van der Waals surface area contributed by atoms with Gasteiger partial charge in [-0.3, -0.25) is 0 Å². The van der Waals surface area contributed by atoms with Crippen LogP contribution in [-0.2, 0) is 12.8 Å². The fourth-order valence-electron chi connectivity index (χ4n) is 2.25. The van der Waals surface area contributed by atoms with Gasteiger partial charge in [0.15, 0.2) is 0 Å². The van der Waals surface area contributed by atoms with Crippen molar-refractivity contribution in [2.45, 2.75) is 25.7 Å². The molecule has 1 nitrogen and oxygen atoms in total. The van der Waals surface area contributed by atoms with Gasteiger partial charge in [0.1, 0.15) is 0 Å². The molecule has 1 aromatic heterocycles. The summed E-state index contributed by atoms with van der Waals surface area (Å²) in [5, 5.41) is 0.803. The Kier molecular flexibility index (Phi) is 2.89. The molecule has 0 fully saturated rings. The number of aromatic nitrogens is 1. The van der Waals surface area contributed by atoms with Gasteiger partial charge >= 0.3 is 107 Å². The van der Waals surface area contributed by atoms with Crippen molar-refractivity contribution in [3.05, 3.63) is 39.3 Å². The monoisotopic (exact) mass is 297 g/mol. The second-order valence-electron chi connectivity index (χ2n) is 4.15. The zero-order chi connectivity index (χ0) is 11.0. The van der Waals surface area contributed by atoms with E-state index in [9.17, 15) is 0 Å². The van der Waals surface area contributed by atoms with E-state index < -0.39 is 0 Å². The van der Waals surface area contributed by atoms with E-state index in [1.165, 1.54) is 42.5 Å². The van der Waals surface area contributed by atoms with Crippen LogP contribution in [0.1, 0.15) is 22.8 Å². The van der Waals surface area contributed by atoms with Crippen molar-refractivity contribution in [2.75, 3.05) is 0 Å². The Bertz CT molecular complexity index is 518. The maximum atomic E-state index is 6.03. The van der Waals surface area contributed by atoms with Crippen LogP contribution in [0.5, 0.6) is 0 Å². The van der Waals surface area contributed by atoms with E-state index >= 15 is 0 Å². The molecule has 16 heavy (non-hydrogen) atoms. The maximum absolute atomic E-state index is 6.03. The van der Waals surface area contributed by atoms with Gasteiger partial charge in [-0.1, -0.05) is 0 Å². The van der Waals surface area contributed by atoms with E-state index in [2.05, 4.69) is 6.07 Å². The van der Waals surface area contributed by atoms with Crippen molar-refractivity contribution < 1.29 is 0 Å². The molecule has 0 saturated heterocycles. The average Bonchev–Trinajstić information content (AvgIpc) is 2.72. The average molecular weight is 297 g/mol. The molecule has 0 atom stereocenters. The van der Waals surface area contributed by atoms with E-state index in [-0.39, 0.29) is 0 Å². The number of nitrogens with zero attached hydrogens (tertiary/aromatic N) is 1. The Morgan fingerprint density at radius 3 is 2.94 bits per heavy atom.